The number of benzene rings is 1. The first kappa shape index (κ1) is 20.2. The molecule has 8 nitrogen and oxygen atoms in total. The Balaban J connectivity index is 1.37. The number of methoxy groups -OCH3 is 1. The van der Waals surface area contributed by atoms with Crippen molar-refractivity contribution in [3.05, 3.63) is 60.6 Å². The molecule has 0 aliphatic carbocycles. The number of nitrogens with one attached hydrogen (secondary N) is 1. The highest BCUT2D eigenvalue weighted by Crippen LogP contribution is 2.60. The van der Waals surface area contributed by atoms with E-state index in [9.17, 15) is 14.4 Å². The zero-order chi connectivity index (χ0) is 22.9. The summed E-state index contributed by atoms with van der Waals surface area (Å²) in [5, 5.41) is 2.92. The molecule has 0 unspecified atom stereocenters. The maximum atomic E-state index is 13.9. The summed E-state index contributed by atoms with van der Waals surface area (Å²) in [5.74, 6) is -1.01. The lowest BCUT2D eigenvalue weighted by Gasteiger charge is -2.43. The molecule has 4 aliphatic heterocycles. The van der Waals surface area contributed by atoms with E-state index in [4.69, 9.17) is 13.9 Å². The number of rotatable bonds is 4. The number of hydrogen-bond donors (Lipinski definition) is 1. The molecular formula is C25H24N2O6. The van der Waals surface area contributed by atoms with Crippen molar-refractivity contribution in [3.8, 4) is 5.75 Å². The van der Waals surface area contributed by atoms with Crippen LogP contribution in [0.25, 0.3) is 0 Å². The van der Waals surface area contributed by atoms with Crippen LogP contribution < -0.4 is 10.1 Å². The van der Waals surface area contributed by atoms with Crippen LogP contribution in [-0.2, 0) is 19.1 Å². The van der Waals surface area contributed by atoms with Gasteiger partial charge in [-0.1, -0.05) is 25.1 Å². The number of carbonyl (C=O) groups is 3. The average molecular weight is 448 g/mol. The van der Waals surface area contributed by atoms with Gasteiger partial charge < -0.3 is 24.1 Å². The molecule has 6 rings (SSSR count). The number of fused-ring (bicyclic) bond motifs is 2. The Kier molecular flexibility index (Phi) is 4.32. The molecule has 1 aromatic heterocycles. The van der Waals surface area contributed by atoms with Gasteiger partial charge in [-0.25, -0.2) is 0 Å². The van der Waals surface area contributed by atoms with Crippen LogP contribution in [0.15, 0.2) is 59.2 Å². The Bertz CT molecular complexity index is 1170. The number of furan rings is 1. The third-order valence-electron chi connectivity index (χ3n) is 7.59. The third-order valence-corrected chi connectivity index (χ3v) is 7.59. The van der Waals surface area contributed by atoms with Gasteiger partial charge in [0.2, 0.25) is 11.8 Å². The summed E-state index contributed by atoms with van der Waals surface area (Å²) in [5.41, 5.74) is -0.418. The second-order valence-electron chi connectivity index (χ2n) is 9.20. The SMILES string of the molecule is COc1cccc(NC(=O)[C@H]2[C@H]3C(=O)N4[C@H](c5ccco5)CC(=O)[C@H](C)[C@@H]4[C@]34C=C[C@H]2O4)c1. The van der Waals surface area contributed by atoms with E-state index in [2.05, 4.69) is 5.32 Å². The summed E-state index contributed by atoms with van der Waals surface area (Å²) in [6.45, 7) is 1.84. The first-order valence-electron chi connectivity index (χ1n) is 11.1. The van der Waals surface area contributed by atoms with E-state index >= 15 is 0 Å². The zero-order valence-electron chi connectivity index (χ0n) is 18.3. The van der Waals surface area contributed by atoms with Crippen LogP contribution in [0, 0.1) is 17.8 Å². The first-order valence-corrected chi connectivity index (χ1v) is 11.1. The van der Waals surface area contributed by atoms with Gasteiger partial charge in [-0.05, 0) is 24.3 Å². The van der Waals surface area contributed by atoms with Gasteiger partial charge in [-0.3, -0.25) is 14.4 Å². The lowest BCUT2D eigenvalue weighted by Crippen LogP contribution is -2.55. The fourth-order valence-electron chi connectivity index (χ4n) is 6.19. The molecule has 0 radical (unpaired) electrons. The number of hydrogen-bond acceptors (Lipinski definition) is 6. The van der Waals surface area contributed by atoms with E-state index in [1.807, 2.05) is 19.1 Å². The van der Waals surface area contributed by atoms with Crippen LogP contribution in [0.1, 0.15) is 25.1 Å². The predicted octanol–water partition coefficient (Wildman–Crippen LogP) is 2.73. The molecule has 3 fully saturated rings. The summed E-state index contributed by atoms with van der Waals surface area (Å²) >= 11 is 0. The molecule has 1 N–H and O–H groups in total. The highest BCUT2D eigenvalue weighted by molar-refractivity contribution is 6.00. The summed E-state index contributed by atoms with van der Waals surface area (Å²) in [6, 6.07) is 9.62. The average Bonchev–Trinajstić information content (AvgIpc) is 3.58. The highest BCUT2D eigenvalue weighted by Gasteiger charge is 2.74. The van der Waals surface area contributed by atoms with Gasteiger partial charge in [0.15, 0.2) is 0 Å². The van der Waals surface area contributed by atoms with Crippen molar-refractivity contribution < 1.29 is 28.3 Å². The van der Waals surface area contributed by atoms with Crippen LogP contribution in [0.2, 0.25) is 0 Å². The van der Waals surface area contributed by atoms with Gasteiger partial charge in [0.1, 0.15) is 22.9 Å². The molecule has 33 heavy (non-hydrogen) atoms. The lowest BCUT2D eigenvalue weighted by molar-refractivity contribution is -0.147. The van der Waals surface area contributed by atoms with Gasteiger partial charge in [-0.2, -0.15) is 0 Å². The number of Topliss-reactive ketones (excluding diaryl/α,β-unsaturated/α-hetero) is 1. The monoisotopic (exact) mass is 448 g/mol. The molecule has 2 bridgehead atoms. The number of amides is 2. The predicted molar refractivity (Wildman–Crippen MR) is 116 cm³/mol. The molecule has 2 aromatic rings. The molecule has 1 aromatic carbocycles. The van der Waals surface area contributed by atoms with E-state index in [0.717, 1.165) is 0 Å². The zero-order valence-corrected chi connectivity index (χ0v) is 18.3. The van der Waals surface area contributed by atoms with E-state index < -0.39 is 41.5 Å². The van der Waals surface area contributed by atoms with Crippen molar-refractivity contribution in [1.29, 1.82) is 0 Å². The van der Waals surface area contributed by atoms with E-state index in [1.54, 1.807) is 54.7 Å². The smallest absolute Gasteiger partial charge is 0.231 e. The van der Waals surface area contributed by atoms with Crippen molar-refractivity contribution in [2.75, 3.05) is 12.4 Å². The summed E-state index contributed by atoms with van der Waals surface area (Å²) < 4.78 is 17.2. The molecular weight excluding hydrogens is 424 g/mol. The first-order chi connectivity index (χ1) is 15.9. The minimum absolute atomic E-state index is 0.0604. The number of ether oxygens (including phenoxy) is 2. The highest BCUT2D eigenvalue weighted by atomic mass is 16.5. The van der Waals surface area contributed by atoms with E-state index in [-0.39, 0.29) is 24.0 Å². The largest absolute Gasteiger partial charge is 0.497 e. The summed E-state index contributed by atoms with van der Waals surface area (Å²) in [7, 11) is 1.56. The number of ketones is 1. The number of nitrogens with zero attached hydrogens (tertiary/aromatic N) is 1. The number of carbonyl (C=O) groups excluding carboxylic acids is 3. The van der Waals surface area contributed by atoms with Crippen molar-refractivity contribution in [3.63, 3.8) is 0 Å². The molecule has 3 saturated heterocycles. The Morgan fingerprint density at radius 1 is 1.24 bits per heavy atom. The van der Waals surface area contributed by atoms with Gasteiger partial charge in [0.25, 0.3) is 0 Å². The van der Waals surface area contributed by atoms with Crippen LogP contribution in [0.4, 0.5) is 5.69 Å². The van der Waals surface area contributed by atoms with Crippen LogP contribution in [0.3, 0.4) is 0 Å². The van der Waals surface area contributed by atoms with Gasteiger partial charge in [-0.15, -0.1) is 0 Å². The van der Waals surface area contributed by atoms with Crippen LogP contribution >= 0.6 is 0 Å². The third kappa shape index (κ3) is 2.70. The Hall–Kier alpha value is -3.39. The molecule has 170 valence electrons. The van der Waals surface area contributed by atoms with Gasteiger partial charge in [0, 0.05) is 24.1 Å². The Labute approximate surface area is 190 Å². The van der Waals surface area contributed by atoms with Crippen LogP contribution in [-0.4, -0.2) is 47.4 Å². The fraction of sp³-hybridized carbons (Fsp3) is 0.400. The maximum Gasteiger partial charge on any atom is 0.231 e. The van der Waals surface area contributed by atoms with Gasteiger partial charge in [0.05, 0.1) is 43.4 Å². The summed E-state index contributed by atoms with van der Waals surface area (Å²) in [4.78, 5) is 42.0. The van der Waals surface area contributed by atoms with E-state index in [0.29, 0.717) is 17.2 Å². The molecule has 1 spiro atoms. The van der Waals surface area contributed by atoms with Crippen molar-refractivity contribution >= 4 is 23.3 Å². The van der Waals surface area contributed by atoms with Crippen molar-refractivity contribution in [2.24, 2.45) is 17.8 Å². The Morgan fingerprint density at radius 3 is 2.85 bits per heavy atom. The molecule has 4 aliphatic rings. The molecule has 0 saturated carbocycles. The maximum absolute atomic E-state index is 13.9. The molecule has 8 heteroatoms. The van der Waals surface area contributed by atoms with Gasteiger partial charge >= 0.3 is 0 Å². The van der Waals surface area contributed by atoms with Crippen LogP contribution in [0.5, 0.6) is 5.75 Å². The van der Waals surface area contributed by atoms with E-state index in [1.165, 1.54) is 0 Å². The normalized spacial score (nSPS) is 36.1. The lowest BCUT2D eigenvalue weighted by atomic mass is 9.70. The Morgan fingerprint density at radius 2 is 2.09 bits per heavy atom. The van der Waals surface area contributed by atoms with Crippen molar-refractivity contribution in [2.45, 2.75) is 37.1 Å². The molecule has 5 heterocycles. The van der Waals surface area contributed by atoms with Crippen molar-refractivity contribution in [1.82, 2.24) is 4.90 Å². The topological polar surface area (TPSA) is 98.1 Å². The summed E-state index contributed by atoms with van der Waals surface area (Å²) in [6.07, 6.45) is 4.97. The number of anilines is 1. The molecule has 7 atom stereocenters. The minimum Gasteiger partial charge on any atom is -0.497 e. The quantitative estimate of drug-likeness (QED) is 0.723. The second kappa shape index (κ2) is 7.05. The standard InChI is InChI=1S/C25H24N2O6/c1-13-17(28)12-16(18-7-4-10-32-18)27-22(13)25-9-8-19(33-25)20(21(25)24(27)30)23(29)26-14-5-3-6-15(11-14)31-2/h3-11,13,16,19-22H,12H2,1-2H3,(H,26,29)/t13-,16-,19+,20+,21-,22+,25-/m0/s1. The molecule has 2 amide bonds. The number of piperidine rings is 1. The fourth-order valence-corrected chi connectivity index (χ4v) is 6.19. The second-order valence-corrected chi connectivity index (χ2v) is 9.20. The minimum atomic E-state index is -1.00.